The van der Waals surface area contributed by atoms with Crippen LogP contribution in [0.25, 0.3) is 10.6 Å². The molecule has 0 saturated heterocycles. The third kappa shape index (κ3) is 2.92. The van der Waals surface area contributed by atoms with E-state index in [-0.39, 0.29) is 4.83 Å². The molecule has 0 aliphatic heterocycles. The Morgan fingerprint density at radius 2 is 1.83 bits per heavy atom. The van der Waals surface area contributed by atoms with E-state index in [4.69, 9.17) is 0 Å². The standard InChI is InChI=1S/C12H9BrF3NS/c1-7(13)10-6-18-11(17-10)8-2-4-9(5-3-8)12(14,15)16/h2-7H,1H3. The van der Waals surface area contributed by atoms with Crippen molar-refractivity contribution in [3.8, 4) is 10.6 Å². The summed E-state index contributed by atoms with van der Waals surface area (Å²) in [6, 6.07) is 5.05. The summed E-state index contributed by atoms with van der Waals surface area (Å²) >= 11 is 4.82. The molecule has 0 fully saturated rings. The predicted octanol–water partition coefficient (Wildman–Crippen LogP) is 5.28. The van der Waals surface area contributed by atoms with Crippen LogP contribution >= 0.6 is 27.3 Å². The first kappa shape index (κ1) is 13.5. The van der Waals surface area contributed by atoms with E-state index < -0.39 is 11.7 Å². The van der Waals surface area contributed by atoms with Crippen molar-refractivity contribution >= 4 is 27.3 Å². The van der Waals surface area contributed by atoms with Crippen molar-refractivity contribution in [3.63, 3.8) is 0 Å². The second kappa shape index (κ2) is 5.01. The third-order valence-corrected chi connectivity index (χ3v) is 3.77. The topological polar surface area (TPSA) is 12.9 Å². The van der Waals surface area contributed by atoms with Crippen molar-refractivity contribution in [2.24, 2.45) is 0 Å². The van der Waals surface area contributed by atoms with E-state index >= 15 is 0 Å². The molecule has 6 heteroatoms. The zero-order valence-corrected chi connectivity index (χ0v) is 11.7. The highest BCUT2D eigenvalue weighted by Gasteiger charge is 2.30. The number of rotatable bonds is 2. The van der Waals surface area contributed by atoms with Crippen LogP contribution in [0.3, 0.4) is 0 Å². The molecule has 0 aliphatic carbocycles. The molecule has 1 nitrogen and oxygen atoms in total. The zero-order valence-electron chi connectivity index (χ0n) is 9.33. The fourth-order valence-corrected chi connectivity index (χ4v) is 2.73. The fourth-order valence-electron chi connectivity index (χ4n) is 1.40. The molecule has 1 aromatic carbocycles. The van der Waals surface area contributed by atoms with E-state index in [0.717, 1.165) is 22.8 Å². The Kier molecular flexibility index (Phi) is 3.77. The summed E-state index contributed by atoms with van der Waals surface area (Å²) in [5, 5.41) is 2.62. The van der Waals surface area contributed by atoms with Crippen molar-refractivity contribution in [1.29, 1.82) is 0 Å². The number of nitrogens with zero attached hydrogens (tertiary/aromatic N) is 1. The van der Waals surface area contributed by atoms with Crippen molar-refractivity contribution in [3.05, 3.63) is 40.9 Å². The second-order valence-corrected chi connectivity index (χ2v) is 6.00. The molecule has 0 amide bonds. The summed E-state index contributed by atoms with van der Waals surface area (Å²) in [5.41, 5.74) is 0.944. The average Bonchev–Trinajstić information content (AvgIpc) is 2.77. The summed E-state index contributed by atoms with van der Waals surface area (Å²) in [5.74, 6) is 0. The van der Waals surface area contributed by atoms with Crippen molar-refractivity contribution < 1.29 is 13.2 Å². The molecular formula is C12H9BrF3NS. The van der Waals surface area contributed by atoms with Gasteiger partial charge in [-0.05, 0) is 19.1 Å². The first-order valence-electron chi connectivity index (χ1n) is 5.15. The lowest BCUT2D eigenvalue weighted by molar-refractivity contribution is -0.137. The molecule has 1 aromatic heterocycles. The molecule has 96 valence electrons. The van der Waals surface area contributed by atoms with Crippen LogP contribution in [-0.2, 0) is 6.18 Å². The molecule has 2 rings (SSSR count). The molecule has 0 radical (unpaired) electrons. The average molecular weight is 336 g/mol. The van der Waals surface area contributed by atoms with Gasteiger partial charge in [-0.3, -0.25) is 0 Å². The van der Waals surface area contributed by atoms with Crippen LogP contribution in [0.2, 0.25) is 0 Å². The number of thiazole rings is 1. The molecule has 1 atom stereocenters. The van der Waals surface area contributed by atoms with Crippen LogP contribution in [0.15, 0.2) is 29.6 Å². The number of alkyl halides is 4. The Bertz CT molecular complexity index is 531. The number of halogens is 4. The molecule has 18 heavy (non-hydrogen) atoms. The van der Waals surface area contributed by atoms with Gasteiger partial charge in [0.25, 0.3) is 0 Å². The molecule has 0 N–H and O–H groups in total. The summed E-state index contributed by atoms with van der Waals surface area (Å²) in [4.78, 5) is 4.50. The van der Waals surface area contributed by atoms with Gasteiger partial charge < -0.3 is 0 Å². The van der Waals surface area contributed by atoms with Crippen LogP contribution in [0.4, 0.5) is 13.2 Å². The van der Waals surface area contributed by atoms with Crippen LogP contribution in [0.5, 0.6) is 0 Å². The van der Waals surface area contributed by atoms with Crippen molar-refractivity contribution in [1.82, 2.24) is 4.98 Å². The highest BCUT2D eigenvalue weighted by Crippen LogP contribution is 2.33. The SMILES string of the molecule is CC(Br)c1csc(-c2ccc(C(F)(F)F)cc2)n1. The van der Waals surface area contributed by atoms with Gasteiger partial charge in [0.1, 0.15) is 5.01 Å². The minimum atomic E-state index is -4.29. The fraction of sp³-hybridized carbons (Fsp3) is 0.250. The van der Waals surface area contributed by atoms with Crippen LogP contribution in [0, 0.1) is 0 Å². The number of hydrogen-bond acceptors (Lipinski definition) is 2. The minimum absolute atomic E-state index is 0.136. The molecule has 1 unspecified atom stereocenters. The lowest BCUT2D eigenvalue weighted by atomic mass is 10.1. The van der Waals surface area contributed by atoms with Gasteiger partial charge in [0.2, 0.25) is 0 Å². The van der Waals surface area contributed by atoms with Gasteiger partial charge in [-0.1, -0.05) is 28.1 Å². The smallest absolute Gasteiger partial charge is 0.240 e. The Morgan fingerprint density at radius 3 is 2.28 bits per heavy atom. The van der Waals surface area contributed by atoms with E-state index in [9.17, 15) is 13.2 Å². The Balaban J connectivity index is 2.29. The normalized spacial score (nSPS) is 13.6. The lowest BCUT2D eigenvalue weighted by Crippen LogP contribution is -2.03. The molecule has 1 heterocycles. The monoisotopic (exact) mass is 335 g/mol. The van der Waals surface area contributed by atoms with Crippen LogP contribution < -0.4 is 0 Å². The van der Waals surface area contributed by atoms with E-state index in [1.54, 1.807) is 0 Å². The molecule has 0 aliphatic rings. The van der Waals surface area contributed by atoms with Gasteiger partial charge in [-0.25, -0.2) is 4.98 Å². The van der Waals surface area contributed by atoms with Gasteiger partial charge in [0.15, 0.2) is 0 Å². The van der Waals surface area contributed by atoms with E-state index in [1.165, 1.54) is 23.5 Å². The zero-order chi connectivity index (χ0) is 13.3. The minimum Gasteiger partial charge on any atom is -0.240 e. The van der Waals surface area contributed by atoms with Gasteiger partial charge >= 0.3 is 6.18 Å². The van der Waals surface area contributed by atoms with Crippen molar-refractivity contribution in [2.75, 3.05) is 0 Å². The number of benzene rings is 1. The molecular weight excluding hydrogens is 327 g/mol. The summed E-state index contributed by atoms with van der Waals surface area (Å²) in [6.07, 6.45) is -4.29. The first-order chi connectivity index (χ1) is 8.38. The Morgan fingerprint density at radius 1 is 1.22 bits per heavy atom. The largest absolute Gasteiger partial charge is 0.416 e. The summed E-state index contributed by atoms with van der Waals surface area (Å²) < 4.78 is 37.2. The summed E-state index contributed by atoms with van der Waals surface area (Å²) in [6.45, 7) is 1.95. The predicted molar refractivity (Wildman–Crippen MR) is 69.9 cm³/mol. The van der Waals surface area contributed by atoms with Crippen molar-refractivity contribution in [2.45, 2.75) is 17.9 Å². The van der Waals surface area contributed by atoms with Crippen LogP contribution in [0.1, 0.15) is 23.0 Å². The quantitative estimate of drug-likeness (QED) is 0.680. The summed E-state index contributed by atoms with van der Waals surface area (Å²) in [7, 11) is 0. The second-order valence-electron chi connectivity index (χ2n) is 3.77. The third-order valence-electron chi connectivity index (χ3n) is 2.39. The highest BCUT2D eigenvalue weighted by atomic mass is 79.9. The maximum atomic E-state index is 12.4. The van der Waals surface area contributed by atoms with Crippen LogP contribution in [-0.4, -0.2) is 4.98 Å². The van der Waals surface area contributed by atoms with E-state index in [0.29, 0.717) is 5.56 Å². The number of hydrogen-bond donors (Lipinski definition) is 0. The van der Waals surface area contributed by atoms with E-state index in [1.807, 2.05) is 12.3 Å². The molecule has 2 aromatic rings. The maximum absolute atomic E-state index is 12.4. The molecule has 0 bridgehead atoms. The first-order valence-corrected chi connectivity index (χ1v) is 6.94. The van der Waals surface area contributed by atoms with Gasteiger partial charge in [-0.2, -0.15) is 13.2 Å². The van der Waals surface area contributed by atoms with Gasteiger partial charge in [-0.15, -0.1) is 11.3 Å². The lowest BCUT2D eigenvalue weighted by Gasteiger charge is -2.06. The van der Waals surface area contributed by atoms with Gasteiger partial charge in [0, 0.05) is 10.9 Å². The maximum Gasteiger partial charge on any atom is 0.416 e. The molecule has 0 spiro atoms. The Hall–Kier alpha value is -0.880. The molecule has 0 saturated carbocycles. The number of aromatic nitrogens is 1. The Labute approximate surface area is 115 Å². The highest BCUT2D eigenvalue weighted by molar-refractivity contribution is 9.09. The van der Waals surface area contributed by atoms with Gasteiger partial charge in [0.05, 0.1) is 16.1 Å². The van der Waals surface area contributed by atoms with E-state index in [2.05, 4.69) is 20.9 Å².